The van der Waals surface area contributed by atoms with Crippen molar-refractivity contribution in [1.29, 1.82) is 0 Å². The highest BCUT2D eigenvalue weighted by Gasteiger charge is 2.06. The first-order valence-electron chi connectivity index (χ1n) is 5.99. The summed E-state index contributed by atoms with van der Waals surface area (Å²) in [4.78, 5) is 14.5. The molecule has 20 heavy (non-hydrogen) atoms. The summed E-state index contributed by atoms with van der Waals surface area (Å²) in [5.41, 5.74) is 1.76. The number of imidazole rings is 1. The van der Waals surface area contributed by atoms with Crippen LogP contribution in [0.4, 0.5) is 5.69 Å². The van der Waals surface area contributed by atoms with Gasteiger partial charge in [-0.15, -0.1) is 0 Å². The number of hydrogen-bond acceptors (Lipinski definition) is 4. The van der Waals surface area contributed by atoms with Crippen molar-refractivity contribution in [3.63, 3.8) is 0 Å². The highest BCUT2D eigenvalue weighted by Crippen LogP contribution is 2.24. The Bertz CT molecular complexity index is 778. The molecule has 2 heterocycles. The van der Waals surface area contributed by atoms with E-state index in [9.17, 15) is 10.1 Å². The molecule has 0 bridgehead atoms. The molecule has 1 aromatic carbocycles. The lowest BCUT2D eigenvalue weighted by molar-refractivity contribution is -0.384. The van der Waals surface area contributed by atoms with Gasteiger partial charge >= 0.3 is 0 Å². The monoisotopic (exact) mass is 269 g/mol. The number of nitro groups is 1. The van der Waals surface area contributed by atoms with Crippen molar-refractivity contribution in [1.82, 2.24) is 9.38 Å². The largest absolute Gasteiger partial charge is 0.457 e. The number of aryl methyl sites for hydroxylation is 1. The van der Waals surface area contributed by atoms with Crippen molar-refractivity contribution >= 4 is 11.3 Å². The van der Waals surface area contributed by atoms with Gasteiger partial charge in [-0.2, -0.15) is 0 Å². The number of ether oxygens (including phenoxy) is 1. The molecule has 0 saturated carbocycles. The topological polar surface area (TPSA) is 69.7 Å². The van der Waals surface area contributed by atoms with E-state index in [2.05, 4.69) is 4.98 Å². The van der Waals surface area contributed by atoms with Crippen LogP contribution < -0.4 is 4.74 Å². The van der Waals surface area contributed by atoms with E-state index >= 15 is 0 Å². The number of fused-ring (bicyclic) bond motifs is 1. The summed E-state index contributed by atoms with van der Waals surface area (Å²) < 4.78 is 7.56. The minimum atomic E-state index is -0.441. The van der Waals surface area contributed by atoms with Crippen LogP contribution in [0.15, 0.2) is 48.8 Å². The molecule has 3 aromatic rings. The number of rotatable bonds is 3. The van der Waals surface area contributed by atoms with Crippen molar-refractivity contribution in [3.05, 3.63) is 64.6 Å². The summed E-state index contributed by atoms with van der Waals surface area (Å²) in [6.07, 6.45) is 3.78. The SMILES string of the molecule is Cc1cn2ccc(Oc3ccc([N+](=O)[O-])cc3)cc2n1. The van der Waals surface area contributed by atoms with Crippen LogP contribution in [0.5, 0.6) is 11.5 Å². The number of aromatic nitrogens is 2. The molecule has 0 atom stereocenters. The van der Waals surface area contributed by atoms with Gasteiger partial charge in [0.1, 0.15) is 17.1 Å². The van der Waals surface area contributed by atoms with Gasteiger partial charge in [0.15, 0.2) is 0 Å². The van der Waals surface area contributed by atoms with Crippen molar-refractivity contribution in [2.45, 2.75) is 6.92 Å². The molecular formula is C14H11N3O3. The van der Waals surface area contributed by atoms with Crippen molar-refractivity contribution in [2.75, 3.05) is 0 Å². The summed E-state index contributed by atoms with van der Waals surface area (Å²) in [5, 5.41) is 10.6. The van der Waals surface area contributed by atoms with Gasteiger partial charge in [-0.3, -0.25) is 10.1 Å². The average molecular weight is 269 g/mol. The van der Waals surface area contributed by atoms with Crippen LogP contribution in [0.3, 0.4) is 0 Å². The predicted octanol–water partition coefficient (Wildman–Crippen LogP) is 3.34. The maximum atomic E-state index is 10.6. The number of benzene rings is 1. The van der Waals surface area contributed by atoms with Crippen molar-refractivity contribution in [3.8, 4) is 11.5 Å². The van der Waals surface area contributed by atoms with E-state index in [0.717, 1.165) is 11.3 Å². The molecule has 0 aliphatic rings. The maximum absolute atomic E-state index is 10.6. The van der Waals surface area contributed by atoms with Gasteiger partial charge in [0, 0.05) is 30.6 Å². The Labute approximate surface area is 114 Å². The summed E-state index contributed by atoms with van der Waals surface area (Å²) in [6.45, 7) is 1.92. The molecule has 0 amide bonds. The Morgan fingerprint density at radius 3 is 2.65 bits per heavy atom. The van der Waals surface area contributed by atoms with E-state index in [1.165, 1.54) is 12.1 Å². The van der Waals surface area contributed by atoms with Gasteiger partial charge in [-0.05, 0) is 25.1 Å². The summed E-state index contributed by atoms with van der Waals surface area (Å²) in [6, 6.07) is 9.59. The minimum Gasteiger partial charge on any atom is -0.457 e. The normalized spacial score (nSPS) is 10.7. The molecule has 0 aliphatic carbocycles. The van der Waals surface area contributed by atoms with Gasteiger partial charge in [0.25, 0.3) is 5.69 Å². The Morgan fingerprint density at radius 2 is 1.95 bits per heavy atom. The fraction of sp³-hybridized carbons (Fsp3) is 0.0714. The van der Waals surface area contributed by atoms with E-state index in [0.29, 0.717) is 11.5 Å². The van der Waals surface area contributed by atoms with Crippen LogP contribution in [0.25, 0.3) is 5.65 Å². The lowest BCUT2D eigenvalue weighted by Crippen LogP contribution is -1.89. The third kappa shape index (κ3) is 2.31. The standard InChI is InChI=1S/C14H11N3O3/c1-10-9-16-7-6-13(8-14(16)15-10)20-12-4-2-11(3-5-12)17(18)19/h2-9H,1H3. The Kier molecular flexibility index (Phi) is 2.83. The maximum Gasteiger partial charge on any atom is 0.269 e. The molecule has 0 unspecified atom stereocenters. The second-order valence-corrected chi connectivity index (χ2v) is 4.36. The van der Waals surface area contributed by atoms with Crippen LogP contribution >= 0.6 is 0 Å². The zero-order chi connectivity index (χ0) is 14.1. The lowest BCUT2D eigenvalue weighted by Gasteiger charge is -2.05. The third-order valence-corrected chi connectivity index (χ3v) is 2.84. The molecule has 0 fully saturated rings. The smallest absolute Gasteiger partial charge is 0.269 e. The Balaban J connectivity index is 1.86. The average Bonchev–Trinajstić information content (AvgIpc) is 2.78. The zero-order valence-corrected chi connectivity index (χ0v) is 10.7. The summed E-state index contributed by atoms with van der Waals surface area (Å²) in [5.74, 6) is 1.18. The summed E-state index contributed by atoms with van der Waals surface area (Å²) in [7, 11) is 0. The fourth-order valence-electron chi connectivity index (χ4n) is 1.93. The molecule has 6 heteroatoms. The summed E-state index contributed by atoms with van der Waals surface area (Å²) >= 11 is 0. The number of hydrogen-bond donors (Lipinski definition) is 0. The third-order valence-electron chi connectivity index (χ3n) is 2.84. The van der Waals surface area contributed by atoms with Crippen molar-refractivity contribution in [2.24, 2.45) is 0 Å². The molecule has 2 aromatic heterocycles. The number of nitro benzene ring substituents is 1. The molecule has 0 N–H and O–H groups in total. The van der Waals surface area contributed by atoms with E-state index in [-0.39, 0.29) is 5.69 Å². The second kappa shape index (κ2) is 4.65. The van der Waals surface area contributed by atoms with E-state index in [4.69, 9.17) is 4.74 Å². The highest BCUT2D eigenvalue weighted by atomic mass is 16.6. The molecule has 3 rings (SSSR count). The molecule has 0 aliphatic heterocycles. The first kappa shape index (κ1) is 12.2. The highest BCUT2D eigenvalue weighted by molar-refractivity contribution is 5.47. The van der Waals surface area contributed by atoms with Gasteiger partial charge in [-0.25, -0.2) is 4.98 Å². The van der Waals surface area contributed by atoms with Gasteiger partial charge in [0.05, 0.1) is 10.6 Å². The molecule has 0 spiro atoms. The molecule has 100 valence electrons. The fourth-order valence-corrected chi connectivity index (χ4v) is 1.93. The van der Waals surface area contributed by atoms with Gasteiger partial charge in [0.2, 0.25) is 0 Å². The van der Waals surface area contributed by atoms with Crippen molar-refractivity contribution < 1.29 is 9.66 Å². The van der Waals surface area contributed by atoms with Crippen LogP contribution in [-0.4, -0.2) is 14.3 Å². The second-order valence-electron chi connectivity index (χ2n) is 4.36. The van der Waals surface area contributed by atoms with Gasteiger partial charge in [-0.1, -0.05) is 0 Å². The van der Waals surface area contributed by atoms with Crippen LogP contribution in [-0.2, 0) is 0 Å². The number of nitrogens with zero attached hydrogens (tertiary/aromatic N) is 3. The van der Waals surface area contributed by atoms with Crippen LogP contribution in [0, 0.1) is 17.0 Å². The van der Waals surface area contributed by atoms with E-state index < -0.39 is 4.92 Å². The van der Waals surface area contributed by atoms with E-state index in [1.54, 1.807) is 12.1 Å². The molecule has 6 nitrogen and oxygen atoms in total. The predicted molar refractivity (Wildman–Crippen MR) is 73.1 cm³/mol. The molecule has 0 radical (unpaired) electrons. The zero-order valence-electron chi connectivity index (χ0n) is 10.7. The van der Waals surface area contributed by atoms with Gasteiger partial charge < -0.3 is 9.14 Å². The molecular weight excluding hydrogens is 258 g/mol. The quantitative estimate of drug-likeness (QED) is 0.540. The van der Waals surface area contributed by atoms with E-state index in [1.807, 2.05) is 35.9 Å². The number of pyridine rings is 1. The molecule has 0 saturated heterocycles. The lowest BCUT2D eigenvalue weighted by atomic mass is 10.3. The number of non-ortho nitro benzene ring substituents is 1. The Morgan fingerprint density at radius 1 is 1.20 bits per heavy atom. The minimum absolute atomic E-state index is 0.0386. The van der Waals surface area contributed by atoms with Crippen LogP contribution in [0.2, 0.25) is 0 Å². The van der Waals surface area contributed by atoms with Crippen LogP contribution in [0.1, 0.15) is 5.69 Å². The first-order chi connectivity index (χ1) is 9.61. The Hall–Kier alpha value is -2.89. The first-order valence-corrected chi connectivity index (χ1v) is 5.99.